The molecular formula is C11H15Cl2N5OS. The SMILES string of the molecule is Cl.Cl.O=C(NCc1nnc2ccccn12)C1CSCN1. The number of pyridine rings is 1. The van der Waals surface area contributed by atoms with Crippen molar-refractivity contribution >= 4 is 48.1 Å². The summed E-state index contributed by atoms with van der Waals surface area (Å²) >= 11 is 1.73. The van der Waals surface area contributed by atoms with E-state index in [0.717, 1.165) is 23.1 Å². The number of fused-ring (bicyclic) bond motifs is 1. The summed E-state index contributed by atoms with van der Waals surface area (Å²) in [5, 5.41) is 14.1. The van der Waals surface area contributed by atoms with Gasteiger partial charge in [0.05, 0.1) is 12.6 Å². The van der Waals surface area contributed by atoms with Crippen molar-refractivity contribution < 1.29 is 4.79 Å². The van der Waals surface area contributed by atoms with Crippen molar-refractivity contribution in [3.63, 3.8) is 0 Å². The molecule has 1 unspecified atom stereocenters. The summed E-state index contributed by atoms with van der Waals surface area (Å²) in [5.41, 5.74) is 0.788. The Hall–Kier alpha value is -1.02. The van der Waals surface area contributed by atoms with Gasteiger partial charge in [0.15, 0.2) is 11.5 Å². The van der Waals surface area contributed by atoms with E-state index < -0.39 is 0 Å². The zero-order valence-electron chi connectivity index (χ0n) is 10.5. The normalized spacial score (nSPS) is 17.3. The third-order valence-corrected chi connectivity index (χ3v) is 3.78. The molecule has 6 nitrogen and oxygen atoms in total. The van der Waals surface area contributed by atoms with Gasteiger partial charge in [-0.3, -0.25) is 14.5 Å². The van der Waals surface area contributed by atoms with Gasteiger partial charge < -0.3 is 5.32 Å². The van der Waals surface area contributed by atoms with E-state index >= 15 is 0 Å². The van der Waals surface area contributed by atoms with Crippen molar-refractivity contribution in [2.45, 2.75) is 12.6 Å². The van der Waals surface area contributed by atoms with Crippen LogP contribution in [0.3, 0.4) is 0 Å². The van der Waals surface area contributed by atoms with Crippen LogP contribution in [0, 0.1) is 0 Å². The van der Waals surface area contributed by atoms with Crippen LogP contribution in [0.2, 0.25) is 0 Å². The van der Waals surface area contributed by atoms with Crippen LogP contribution in [-0.2, 0) is 11.3 Å². The lowest BCUT2D eigenvalue weighted by atomic mass is 10.3. The minimum Gasteiger partial charge on any atom is -0.347 e. The summed E-state index contributed by atoms with van der Waals surface area (Å²) in [4.78, 5) is 11.8. The van der Waals surface area contributed by atoms with Gasteiger partial charge >= 0.3 is 0 Å². The van der Waals surface area contributed by atoms with Crippen molar-refractivity contribution in [1.29, 1.82) is 0 Å². The Labute approximate surface area is 132 Å². The van der Waals surface area contributed by atoms with Gasteiger partial charge in [-0.25, -0.2) is 0 Å². The van der Waals surface area contributed by atoms with Gasteiger partial charge in [-0.15, -0.1) is 46.8 Å². The average Bonchev–Trinajstić information content (AvgIpc) is 3.06. The van der Waals surface area contributed by atoms with Gasteiger partial charge in [0.25, 0.3) is 0 Å². The highest BCUT2D eigenvalue weighted by molar-refractivity contribution is 7.99. The van der Waals surface area contributed by atoms with Gasteiger partial charge in [-0.05, 0) is 12.1 Å². The highest BCUT2D eigenvalue weighted by Gasteiger charge is 2.22. The number of nitrogens with zero attached hydrogens (tertiary/aromatic N) is 3. The van der Waals surface area contributed by atoms with E-state index in [1.165, 1.54) is 0 Å². The monoisotopic (exact) mass is 335 g/mol. The lowest BCUT2D eigenvalue weighted by molar-refractivity contribution is -0.122. The van der Waals surface area contributed by atoms with Crippen LogP contribution in [0.15, 0.2) is 24.4 Å². The number of carbonyl (C=O) groups excluding carboxylic acids is 1. The molecular weight excluding hydrogens is 321 g/mol. The Bertz CT molecular complexity index is 573. The molecule has 2 aromatic rings. The number of thioether (sulfide) groups is 1. The second kappa shape index (κ2) is 7.68. The van der Waals surface area contributed by atoms with Crippen LogP contribution < -0.4 is 10.6 Å². The Balaban J connectivity index is 0.000001000. The lowest BCUT2D eigenvalue weighted by Crippen LogP contribution is -2.41. The zero-order chi connectivity index (χ0) is 12.4. The van der Waals surface area contributed by atoms with Crippen LogP contribution in [0.5, 0.6) is 0 Å². The number of carbonyl (C=O) groups is 1. The first-order valence-electron chi connectivity index (χ1n) is 5.72. The summed E-state index contributed by atoms with van der Waals surface area (Å²) in [6, 6.07) is 5.62. The first kappa shape index (κ1) is 17.0. The van der Waals surface area contributed by atoms with E-state index in [4.69, 9.17) is 0 Å². The van der Waals surface area contributed by atoms with E-state index in [0.29, 0.717) is 6.54 Å². The predicted octanol–water partition coefficient (Wildman–Crippen LogP) is 0.852. The Morgan fingerprint density at radius 3 is 3.05 bits per heavy atom. The Kier molecular flexibility index (Phi) is 6.54. The quantitative estimate of drug-likeness (QED) is 0.870. The molecule has 0 radical (unpaired) electrons. The number of aromatic nitrogens is 3. The minimum atomic E-state index is -0.0887. The van der Waals surface area contributed by atoms with Crippen LogP contribution >= 0.6 is 36.6 Å². The maximum atomic E-state index is 11.8. The number of hydrogen-bond donors (Lipinski definition) is 2. The van der Waals surface area contributed by atoms with Crippen LogP contribution in [-0.4, -0.2) is 38.2 Å². The molecule has 1 amide bonds. The van der Waals surface area contributed by atoms with Crippen LogP contribution in [0.1, 0.15) is 5.82 Å². The molecule has 0 bridgehead atoms. The number of nitrogens with one attached hydrogen (secondary N) is 2. The van der Waals surface area contributed by atoms with Crippen molar-refractivity contribution in [3.05, 3.63) is 30.2 Å². The second-order valence-corrected chi connectivity index (χ2v) is 5.06. The fraction of sp³-hybridized carbons (Fsp3) is 0.364. The average molecular weight is 336 g/mol. The number of rotatable bonds is 3. The summed E-state index contributed by atoms with van der Waals surface area (Å²) in [6.45, 7) is 0.396. The first-order chi connectivity index (χ1) is 8.84. The molecule has 1 atom stereocenters. The lowest BCUT2D eigenvalue weighted by Gasteiger charge is -2.09. The number of halogens is 2. The molecule has 110 valence electrons. The Morgan fingerprint density at radius 2 is 2.30 bits per heavy atom. The molecule has 0 spiro atoms. The minimum absolute atomic E-state index is 0. The molecule has 0 saturated carbocycles. The van der Waals surface area contributed by atoms with Crippen LogP contribution in [0.4, 0.5) is 0 Å². The molecule has 1 aliphatic rings. The fourth-order valence-corrected chi connectivity index (χ4v) is 2.81. The standard InChI is InChI=1S/C11H13N5OS.2ClH/c17-11(8-6-18-7-13-8)12-5-10-15-14-9-3-1-2-4-16(9)10;;/h1-4,8,13H,5-7H2,(H,12,17);2*1H. The number of hydrogen-bond acceptors (Lipinski definition) is 5. The molecule has 0 aromatic carbocycles. The molecule has 20 heavy (non-hydrogen) atoms. The van der Waals surface area contributed by atoms with Gasteiger partial charge in [0, 0.05) is 17.8 Å². The van der Waals surface area contributed by atoms with E-state index in [1.807, 2.05) is 28.8 Å². The largest absolute Gasteiger partial charge is 0.347 e. The highest BCUT2D eigenvalue weighted by Crippen LogP contribution is 2.09. The zero-order valence-corrected chi connectivity index (χ0v) is 12.9. The maximum absolute atomic E-state index is 11.8. The third-order valence-electron chi connectivity index (χ3n) is 2.84. The van der Waals surface area contributed by atoms with Gasteiger partial charge in [0.1, 0.15) is 0 Å². The summed E-state index contributed by atoms with van der Waals surface area (Å²) in [7, 11) is 0. The van der Waals surface area contributed by atoms with Gasteiger partial charge in [-0.1, -0.05) is 6.07 Å². The third kappa shape index (κ3) is 3.54. The van der Waals surface area contributed by atoms with E-state index in [-0.39, 0.29) is 36.8 Å². The van der Waals surface area contributed by atoms with Crippen molar-refractivity contribution in [3.8, 4) is 0 Å². The molecule has 2 N–H and O–H groups in total. The van der Waals surface area contributed by atoms with E-state index in [1.54, 1.807) is 11.8 Å². The van der Waals surface area contributed by atoms with Crippen molar-refractivity contribution in [2.24, 2.45) is 0 Å². The smallest absolute Gasteiger partial charge is 0.238 e. The van der Waals surface area contributed by atoms with Gasteiger partial charge in [0.2, 0.25) is 5.91 Å². The topological polar surface area (TPSA) is 71.3 Å². The second-order valence-electron chi connectivity index (χ2n) is 4.03. The Morgan fingerprint density at radius 1 is 1.45 bits per heavy atom. The summed E-state index contributed by atoms with van der Waals surface area (Å²) < 4.78 is 1.87. The van der Waals surface area contributed by atoms with Crippen molar-refractivity contribution in [2.75, 3.05) is 11.6 Å². The maximum Gasteiger partial charge on any atom is 0.238 e. The molecule has 1 fully saturated rings. The number of amides is 1. The molecule has 2 aromatic heterocycles. The molecule has 1 saturated heterocycles. The summed E-state index contributed by atoms with van der Waals surface area (Å²) in [6.07, 6.45) is 1.89. The summed E-state index contributed by atoms with van der Waals surface area (Å²) in [5.74, 6) is 2.43. The predicted molar refractivity (Wildman–Crippen MR) is 83.6 cm³/mol. The molecule has 9 heteroatoms. The van der Waals surface area contributed by atoms with Crippen LogP contribution in [0.25, 0.3) is 5.65 Å². The molecule has 0 aliphatic carbocycles. The molecule has 1 aliphatic heterocycles. The molecule has 3 heterocycles. The van der Waals surface area contributed by atoms with Crippen molar-refractivity contribution in [1.82, 2.24) is 25.2 Å². The van der Waals surface area contributed by atoms with Gasteiger partial charge in [-0.2, -0.15) is 0 Å². The van der Waals surface area contributed by atoms with E-state index in [2.05, 4.69) is 20.8 Å². The molecule has 3 rings (SSSR count). The van der Waals surface area contributed by atoms with E-state index in [9.17, 15) is 4.79 Å². The highest BCUT2D eigenvalue weighted by atomic mass is 35.5. The first-order valence-corrected chi connectivity index (χ1v) is 6.87. The fourth-order valence-electron chi connectivity index (χ4n) is 1.86.